The average Bonchev–Trinajstić information content (AvgIpc) is 3.26. The van der Waals surface area contributed by atoms with E-state index in [0.717, 1.165) is 65.9 Å². The Morgan fingerprint density at radius 1 is 0.529 bits per heavy atom. The molecule has 7 heteroatoms. The molecule has 0 radical (unpaired) electrons. The van der Waals surface area contributed by atoms with E-state index >= 15 is 0 Å². The molecule has 9 rings (SSSR count). The quantitative estimate of drug-likeness (QED) is 0.127. The third-order valence-electron chi connectivity index (χ3n) is 9.01. The molecule has 0 amide bonds. The van der Waals surface area contributed by atoms with E-state index in [-0.39, 0.29) is 11.5 Å². The molecule has 0 fully saturated rings. The van der Waals surface area contributed by atoms with E-state index in [1.807, 2.05) is 135 Å². The van der Waals surface area contributed by atoms with Gasteiger partial charge in [-0.1, -0.05) is 96.5 Å². The molecule has 1 aliphatic heterocycles. The number of fused-ring (bicyclic) bond motifs is 9. The number of hydrogen-bond donors (Lipinski definition) is 1. The Labute approximate surface area is 294 Å². The van der Waals surface area contributed by atoms with Gasteiger partial charge in [0.05, 0.1) is 22.2 Å². The van der Waals surface area contributed by atoms with Gasteiger partial charge in [-0.15, -0.1) is 0 Å². The number of aromatic nitrogens is 2. The van der Waals surface area contributed by atoms with Crippen molar-refractivity contribution in [1.82, 2.24) is 9.97 Å². The van der Waals surface area contributed by atoms with Crippen LogP contribution in [0.3, 0.4) is 0 Å². The van der Waals surface area contributed by atoms with Crippen molar-refractivity contribution in [2.75, 3.05) is 0 Å². The molecule has 0 atom stereocenters. The Balaban J connectivity index is 1.29. The molecule has 0 saturated carbocycles. The second-order valence-corrected chi connectivity index (χ2v) is 13.9. The molecule has 0 saturated heterocycles. The maximum Gasteiger partial charge on any atom is 0.585 e. The van der Waals surface area contributed by atoms with Crippen LogP contribution in [-0.2, 0) is 4.57 Å². The van der Waals surface area contributed by atoms with Gasteiger partial charge in [-0.3, -0.25) is 14.9 Å². The van der Waals surface area contributed by atoms with E-state index in [2.05, 4.69) is 33.6 Å². The highest BCUT2D eigenvalue weighted by Gasteiger charge is 2.37. The molecule has 0 spiro atoms. The first-order valence-electron chi connectivity index (χ1n) is 16.4. The normalized spacial score (nSPS) is 12.8. The lowest BCUT2D eigenvalue weighted by Gasteiger charge is -2.15. The minimum Gasteiger partial charge on any atom is -0.393 e. The summed E-state index contributed by atoms with van der Waals surface area (Å²) >= 11 is 0. The standard InChI is InChI=1S/C44H27N2O4P/c1-27-11-17-31-19-13-29(23-39(31)45-27)15-21-35-25-33-7-3-5-9-37(33)41-42-38-10-6-4-8-34(38)26-36(44(42)50-51(47,48)49-43(35)41)22-16-30-14-20-32-18-12-28(2)46-40(32)24-30/h3-14,17-20,23-26H,1-2H3,(H,47,48). The van der Waals surface area contributed by atoms with Crippen molar-refractivity contribution >= 4 is 51.2 Å². The summed E-state index contributed by atoms with van der Waals surface area (Å²) in [5.74, 6) is 13.4. The number of benzene rings is 6. The highest BCUT2D eigenvalue weighted by molar-refractivity contribution is 7.48. The van der Waals surface area contributed by atoms with E-state index < -0.39 is 7.82 Å². The summed E-state index contributed by atoms with van der Waals surface area (Å²) < 4.78 is 25.8. The lowest BCUT2D eigenvalue weighted by molar-refractivity contribution is 0.294. The van der Waals surface area contributed by atoms with Crippen molar-refractivity contribution in [3.8, 4) is 46.3 Å². The predicted octanol–water partition coefficient (Wildman–Crippen LogP) is 10.0. The van der Waals surface area contributed by atoms with E-state index in [4.69, 9.17) is 9.05 Å². The van der Waals surface area contributed by atoms with Crippen molar-refractivity contribution in [2.45, 2.75) is 13.8 Å². The number of nitrogens with zero attached hydrogens (tertiary/aromatic N) is 2. The zero-order chi connectivity index (χ0) is 34.7. The second kappa shape index (κ2) is 11.9. The van der Waals surface area contributed by atoms with Gasteiger partial charge in [-0.05, 0) is 83.9 Å². The Kier molecular flexibility index (Phi) is 7.12. The van der Waals surface area contributed by atoms with Gasteiger partial charge < -0.3 is 9.05 Å². The number of phosphoric ester groups is 1. The molecule has 3 heterocycles. The van der Waals surface area contributed by atoms with E-state index in [9.17, 15) is 9.46 Å². The van der Waals surface area contributed by atoms with Crippen molar-refractivity contribution in [3.05, 3.63) is 155 Å². The zero-order valence-corrected chi connectivity index (χ0v) is 28.5. The molecule has 2 aromatic heterocycles. The van der Waals surface area contributed by atoms with Crippen LogP contribution in [0, 0.1) is 37.5 Å². The molecular formula is C44H27N2O4P. The van der Waals surface area contributed by atoms with Gasteiger partial charge in [0.15, 0.2) is 11.5 Å². The predicted molar refractivity (Wildman–Crippen MR) is 203 cm³/mol. The summed E-state index contributed by atoms with van der Waals surface area (Å²) in [6.07, 6.45) is 0. The second-order valence-electron chi connectivity index (χ2n) is 12.6. The number of phosphoric acid groups is 1. The van der Waals surface area contributed by atoms with Crippen LogP contribution >= 0.6 is 7.82 Å². The summed E-state index contributed by atoms with van der Waals surface area (Å²) in [4.78, 5) is 20.6. The lowest BCUT2D eigenvalue weighted by atomic mass is 9.89. The van der Waals surface area contributed by atoms with E-state index in [0.29, 0.717) is 22.3 Å². The van der Waals surface area contributed by atoms with Gasteiger partial charge in [0, 0.05) is 44.4 Å². The van der Waals surface area contributed by atoms with Gasteiger partial charge in [0.25, 0.3) is 0 Å². The van der Waals surface area contributed by atoms with Crippen LogP contribution in [0.2, 0.25) is 0 Å². The number of rotatable bonds is 0. The lowest BCUT2D eigenvalue weighted by Crippen LogP contribution is -2.00. The van der Waals surface area contributed by atoms with E-state index in [1.165, 1.54) is 0 Å². The summed E-state index contributed by atoms with van der Waals surface area (Å²) in [6.45, 7) is 3.91. The van der Waals surface area contributed by atoms with Crippen LogP contribution < -0.4 is 9.05 Å². The van der Waals surface area contributed by atoms with Crippen LogP contribution in [0.5, 0.6) is 11.5 Å². The molecule has 0 bridgehead atoms. The SMILES string of the molecule is Cc1ccc2ccc(C#Cc3cc4ccccc4c4c3OP(=O)(O)Oc3c(C#Cc5ccc6ccc(C)nc6c5)cc5ccccc5c3-4)cc2n1. The van der Waals surface area contributed by atoms with Crippen molar-refractivity contribution in [1.29, 1.82) is 0 Å². The van der Waals surface area contributed by atoms with Crippen LogP contribution in [0.25, 0.3) is 54.5 Å². The highest BCUT2D eigenvalue weighted by atomic mass is 31.2. The van der Waals surface area contributed by atoms with Crippen LogP contribution in [0.15, 0.2) is 121 Å². The summed E-state index contributed by atoms with van der Waals surface area (Å²) in [5, 5.41) is 5.45. The molecule has 6 nitrogen and oxygen atoms in total. The maximum absolute atomic E-state index is 13.9. The van der Waals surface area contributed by atoms with Gasteiger partial charge in [0.1, 0.15) is 0 Å². The third kappa shape index (κ3) is 5.64. The fraction of sp³-hybridized carbons (Fsp3) is 0.0455. The smallest absolute Gasteiger partial charge is 0.393 e. The van der Waals surface area contributed by atoms with Crippen LogP contribution in [-0.4, -0.2) is 14.9 Å². The number of hydrogen-bond acceptors (Lipinski definition) is 5. The zero-order valence-electron chi connectivity index (χ0n) is 27.6. The molecule has 1 N–H and O–H groups in total. The van der Waals surface area contributed by atoms with Gasteiger partial charge in [-0.2, -0.15) is 0 Å². The number of aryl methyl sites for hydroxylation is 2. The molecule has 0 unspecified atom stereocenters. The highest BCUT2D eigenvalue weighted by Crippen LogP contribution is 2.58. The van der Waals surface area contributed by atoms with E-state index in [1.54, 1.807) is 0 Å². The molecule has 242 valence electrons. The molecule has 51 heavy (non-hydrogen) atoms. The largest absolute Gasteiger partial charge is 0.585 e. The fourth-order valence-electron chi connectivity index (χ4n) is 6.65. The first kappa shape index (κ1) is 30.6. The van der Waals surface area contributed by atoms with Gasteiger partial charge in [0.2, 0.25) is 0 Å². The Morgan fingerprint density at radius 2 is 0.961 bits per heavy atom. The number of pyridine rings is 2. The molecule has 8 aromatic rings. The van der Waals surface area contributed by atoms with Gasteiger partial charge >= 0.3 is 7.82 Å². The Hall–Kier alpha value is -6.43. The Bertz CT molecular complexity index is 2770. The summed E-state index contributed by atoms with van der Waals surface area (Å²) in [6, 6.07) is 39.2. The van der Waals surface area contributed by atoms with Crippen molar-refractivity contribution in [2.24, 2.45) is 0 Å². The minimum atomic E-state index is -4.73. The molecule has 0 aliphatic carbocycles. The fourth-order valence-corrected chi connectivity index (χ4v) is 7.53. The van der Waals surface area contributed by atoms with Crippen molar-refractivity contribution < 1.29 is 18.5 Å². The van der Waals surface area contributed by atoms with Crippen LogP contribution in [0.4, 0.5) is 0 Å². The Morgan fingerprint density at radius 3 is 1.43 bits per heavy atom. The molecule has 6 aromatic carbocycles. The summed E-state index contributed by atoms with van der Waals surface area (Å²) in [5.41, 5.74) is 7.14. The first-order valence-corrected chi connectivity index (χ1v) is 17.9. The molecule has 1 aliphatic rings. The summed E-state index contributed by atoms with van der Waals surface area (Å²) in [7, 11) is -4.73. The average molecular weight is 679 g/mol. The van der Waals surface area contributed by atoms with Gasteiger partial charge in [-0.25, -0.2) is 4.57 Å². The maximum atomic E-state index is 13.9. The minimum absolute atomic E-state index is 0.173. The topological polar surface area (TPSA) is 81.5 Å². The van der Waals surface area contributed by atoms with Crippen molar-refractivity contribution in [3.63, 3.8) is 0 Å². The molecular weight excluding hydrogens is 651 g/mol. The third-order valence-corrected chi connectivity index (χ3v) is 9.84. The van der Waals surface area contributed by atoms with Crippen LogP contribution in [0.1, 0.15) is 33.6 Å². The first-order chi connectivity index (χ1) is 24.8. The monoisotopic (exact) mass is 678 g/mol.